The van der Waals surface area contributed by atoms with E-state index in [-0.39, 0.29) is 21.4 Å². The van der Waals surface area contributed by atoms with Crippen LogP contribution < -0.4 is 5.32 Å². The zero-order valence-electron chi connectivity index (χ0n) is 16.2. The van der Waals surface area contributed by atoms with Gasteiger partial charge in [0, 0.05) is 37.4 Å². The summed E-state index contributed by atoms with van der Waals surface area (Å²) in [5.74, 6) is -0.378. The van der Waals surface area contributed by atoms with E-state index >= 15 is 0 Å². The number of benzene rings is 2. The van der Waals surface area contributed by atoms with E-state index in [1.807, 2.05) is 39.1 Å². The van der Waals surface area contributed by atoms with E-state index in [0.717, 1.165) is 11.1 Å². The van der Waals surface area contributed by atoms with Crippen LogP contribution in [0.15, 0.2) is 41.3 Å². The van der Waals surface area contributed by atoms with E-state index in [4.69, 9.17) is 11.6 Å². The van der Waals surface area contributed by atoms with Crippen molar-refractivity contribution in [3.05, 3.63) is 58.1 Å². The summed E-state index contributed by atoms with van der Waals surface area (Å²) in [5.41, 5.74) is 2.98. The number of hydrogen-bond acceptors (Lipinski definition) is 4. The molecule has 0 unspecified atom stereocenters. The topological polar surface area (TPSA) is 69.7 Å². The number of nitrogens with zero attached hydrogens (tertiary/aromatic N) is 2. The van der Waals surface area contributed by atoms with Gasteiger partial charge in [-0.1, -0.05) is 17.7 Å². The molecule has 150 valence electrons. The van der Waals surface area contributed by atoms with Gasteiger partial charge in [-0.2, -0.15) is 4.31 Å². The molecule has 0 saturated carbocycles. The molecule has 2 aromatic rings. The average molecular weight is 422 g/mol. The summed E-state index contributed by atoms with van der Waals surface area (Å²) in [6.45, 7) is 6.01. The summed E-state index contributed by atoms with van der Waals surface area (Å²) in [5, 5.41) is 2.94. The van der Waals surface area contributed by atoms with Crippen molar-refractivity contribution in [2.24, 2.45) is 0 Å². The standard InChI is InChI=1S/C20H24ClN3O3S/c1-14-10-15(2)12-17(11-14)22-20(25)16-4-5-18(21)19(13-16)28(26,27)24-8-6-23(3)7-9-24/h4-5,10-13H,6-9H2,1-3H3,(H,22,25). The van der Waals surface area contributed by atoms with Crippen molar-refractivity contribution in [1.29, 1.82) is 0 Å². The fourth-order valence-electron chi connectivity index (χ4n) is 3.26. The quantitative estimate of drug-likeness (QED) is 0.823. The molecule has 1 aliphatic rings. The lowest BCUT2D eigenvalue weighted by Crippen LogP contribution is -2.47. The highest BCUT2D eigenvalue weighted by Gasteiger charge is 2.30. The van der Waals surface area contributed by atoms with Crippen LogP contribution >= 0.6 is 11.6 Å². The summed E-state index contributed by atoms with van der Waals surface area (Å²) >= 11 is 6.19. The van der Waals surface area contributed by atoms with Gasteiger partial charge in [0.2, 0.25) is 10.0 Å². The van der Waals surface area contributed by atoms with Gasteiger partial charge in [0.25, 0.3) is 5.91 Å². The van der Waals surface area contributed by atoms with Crippen LogP contribution in [0.2, 0.25) is 5.02 Å². The Bertz CT molecular complexity index is 980. The molecule has 0 aliphatic carbocycles. The average Bonchev–Trinajstić information content (AvgIpc) is 2.61. The lowest BCUT2D eigenvalue weighted by atomic mass is 10.1. The first-order valence-electron chi connectivity index (χ1n) is 9.05. The molecule has 1 amide bonds. The second-order valence-electron chi connectivity index (χ2n) is 7.18. The first kappa shape index (κ1) is 20.8. The number of nitrogens with one attached hydrogen (secondary N) is 1. The van der Waals surface area contributed by atoms with Crippen LogP contribution in [-0.4, -0.2) is 56.8 Å². The first-order chi connectivity index (χ1) is 13.2. The zero-order chi connectivity index (χ0) is 20.5. The molecule has 0 radical (unpaired) electrons. The van der Waals surface area contributed by atoms with Crippen molar-refractivity contribution in [1.82, 2.24) is 9.21 Å². The minimum absolute atomic E-state index is 0.0354. The summed E-state index contributed by atoms with van der Waals surface area (Å²) in [4.78, 5) is 14.7. The zero-order valence-corrected chi connectivity index (χ0v) is 17.8. The minimum Gasteiger partial charge on any atom is -0.322 e. The van der Waals surface area contributed by atoms with E-state index in [9.17, 15) is 13.2 Å². The maximum atomic E-state index is 13.0. The molecule has 1 saturated heterocycles. The molecule has 1 fully saturated rings. The Labute approximate surface area is 171 Å². The summed E-state index contributed by atoms with van der Waals surface area (Å²) in [6.07, 6.45) is 0. The third-order valence-corrected chi connectivity index (χ3v) is 7.13. The third-order valence-electron chi connectivity index (χ3n) is 4.75. The number of likely N-dealkylation sites (N-methyl/N-ethyl adjacent to an activating group) is 1. The Morgan fingerprint density at radius 3 is 2.21 bits per heavy atom. The smallest absolute Gasteiger partial charge is 0.255 e. The number of carbonyl (C=O) groups is 1. The molecular formula is C20H24ClN3O3S. The Balaban J connectivity index is 1.87. The summed E-state index contributed by atoms with van der Waals surface area (Å²) in [7, 11) is -1.81. The van der Waals surface area contributed by atoms with Crippen LogP contribution in [0, 0.1) is 13.8 Å². The molecular weight excluding hydrogens is 398 g/mol. The van der Waals surface area contributed by atoms with Gasteiger partial charge in [0.15, 0.2) is 0 Å². The van der Waals surface area contributed by atoms with Crippen molar-refractivity contribution < 1.29 is 13.2 Å². The monoisotopic (exact) mass is 421 g/mol. The molecule has 1 aliphatic heterocycles. The van der Waals surface area contributed by atoms with Crippen LogP contribution in [0.3, 0.4) is 0 Å². The highest BCUT2D eigenvalue weighted by Crippen LogP contribution is 2.27. The number of halogens is 1. The van der Waals surface area contributed by atoms with Crippen LogP contribution in [0.4, 0.5) is 5.69 Å². The second kappa shape index (κ2) is 8.21. The third kappa shape index (κ3) is 4.55. The Morgan fingerprint density at radius 2 is 1.61 bits per heavy atom. The molecule has 6 nitrogen and oxygen atoms in total. The first-order valence-corrected chi connectivity index (χ1v) is 10.9. The summed E-state index contributed by atoms with van der Waals surface area (Å²) in [6, 6.07) is 10.1. The van der Waals surface area contributed by atoms with E-state index in [1.54, 1.807) is 0 Å². The highest BCUT2D eigenvalue weighted by molar-refractivity contribution is 7.89. The van der Waals surface area contributed by atoms with Crippen LogP contribution in [0.25, 0.3) is 0 Å². The molecule has 1 N–H and O–H groups in total. The number of amides is 1. The van der Waals surface area contributed by atoms with Crippen LogP contribution in [0.1, 0.15) is 21.5 Å². The van der Waals surface area contributed by atoms with Gasteiger partial charge in [-0.3, -0.25) is 4.79 Å². The maximum Gasteiger partial charge on any atom is 0.255 e. The van der Waals surface area contributed by atoms with Gasteiger partial charge in [0.05, 0.1) is 5.02 Å². The van der Waals surface area contributed by atoms with Gasteiger partial charge in [-0.15, -0.1) is 0 Å². The van der Waals surface area contributed by atoms with Gasteiger partial charge in [0.1, 0.15) is 4.90 Å². The number of aryl methyl sites for hydroxylation is 2. The van der Waals surface area contributed by atoms with E-state index < -0.39 is 10.0 Å². The summed E-state index contributed by atoms with van der Waals surface area (Å²) < 4.78 is 27.5. The predicted octanol–water partition coefficient (Wildman–Crippen LogP) is 3.15. The van der Waals surface area contributed by atoms with E-state index in [2.05, 4.69) is 10.2 Å². The Kier molecular flexibility index (Phi) is 6.09. The molecule has 3 rings (SSSR count). The number of anilines is 1. The molecule has 0 atom stereocenters. The lowest BCUT2D eigenvalue weighted by molar-refractivity contribution is 0.102. The van der Waals surface area contributed by atoms with E-state index in [0.29, 0.717) is 31.9 Å². The predicted molar refractivity (Wildman–Crippen MR) is 112 cm³/mol. The Morgan fingerprint density at radius 1 is 1.00 bits per heavy atom. The van der Waals surface area contributed by atoms with E-state index in [1.165, 1.54) is 22.5 Å². The maximum absolute atomic E-state index is 13.0. The second-order valence-corrected chi connectivity index (χ2v) is 9.50. The van der Waals surface area contributed by atoms with Crippen molar-refractivity contribution >= 4 is 33.2 Å². The fraction of sp³-hybridized carbons (Fsp3) is 0.350. The molecule has 28 heavy (non-hydrogen) atoms. The molecule has 0 bridgehead atoms. The number of sulfonamides is 1. The highest BCUT2D eigenvalue weighted by atomic mass is 35.5. The molecule has 0 spiro atoms. The lowest BCUT2D eigenvalue weighted by Gasteiger charge is -2.31. The van der Waals surface area contributed by atoms with Crippen LogP contribution in [-0.2, 0) is 10.0 Å². The molecule has 2 aromatic carbocycles. The van der Waals surface area contributed by atoms with Gasteiger partial charge >= 0.3 is 0 Å². The molecule has 8 heteroatoms. The van der Waals surface area contributed by atoms with Crippen molar-refractivity contribution in [3.8, 4) is 0 Å². The number of hydrogen-bond donors (Lipinski definition) is 1. The van der Waals surface area contributed by atoms with Crippen molar-refractivity contribution in [3.63, 3.8) is 0 Å². The Hall–Kier alpha value is -1.93. The number of rotatable bonds is 4. The van der Waals surface area contributed by atoms with Gasteiger partial charge in [-0.25, -0.2) is 8.42 Å². The van der Waals surface area contributed by atoms with Gasteiger partial charge in [-0.05, 0) is 62.4 Å². The number of carbonyl (C=O) groups excluding carboxylic acids is 1. The normalized spacial score (nSPS) is 16.1. The molecule has 0 aromatic heterocycles. The molecule has 1 heterocycles. The largest absolute Gasteiger partial charge is 0.322 e. The van der Waals surface area contributed by atoms with Crippen LogP contribution in [0.5, 0.6) is 0 Å². The van der Waals surface area contributed by atoms with Crippen molar-refractivity contribution in [2.75, 3.05) is 38.5 Å². The fourth-order valence-corrected chi connectivity index (χ4v) is 5.18. The van der Waals surface area contributed by atoms with Gasteiger partial charge < -0.3 is 10.2 Å². The SMILES string of the molecule is Cc1cc(C)cc(NC(=O)c2ccc(Cl)c(S(=O)(=O)N3CCN(C)CC3)c2)c1. The minimum atomic E-state index is -3.76. The van der Waals surface area contributed by atoms with Crippen molar-refractivity contribution in [2.45, 2.75) is 18.7 Å². The number of piperazine rings is 1.